The lowest BCUT2D eigenvalue weighted by molar-refractivity contribution is -0.137. The number of carbonyl (C=O) groups is 1. The van der Waals surface area contributed by atoms with E-state index in [1.165, 1.54) is 44.1 Å². The Bertz CT molecular complexity index is 426. The Hall–Kier alpha value is -1.35. The van der Waals surface area contributed by atoms with Crippen molar-refractivity contribution in [1.82, 2.24) is 5.32 Å². The van der Waals surface area contributed by atoms with Gasteiger partial charge in [0, 0.05) is 12.5 Å². The Morgan fingerprint density at radius 2 is 1.91 bits per heavy atom. The van der Waals surface area contributed by atoms with Gasteiger partial charge in [-0.05, 0) is 37.3 Å². The highest BCUT2D eigenvalue weighted by atomic mass is 16.4. The Morgan fingerprint density at radius 1 is 1.18 bits per heavy atom. The minimum absolute atomic E-state index is 0.244. The van der Waals surface area contributed by atoms with Gasteiger partial charge >= 0.3 is 5.97 Å². The Labute approximate surface area is 134 Å². The number of rotatable bonds is 9. The lowest BCUT2D eigenvalue weighted by atomic mass is 9.87. The first-order chi connectivity index (χ1) is 10.7. The van der Waals surface area contributed by atoms with E-state index in [1.54, 1.807) is 0 Å². The normalized spacial score (nSPS) is 17.3. The third-order valence-corrected chi connectivity index (χ3v) is 4.74. The Kier molecular flexibility index (Phi) is 7.44. The molecule has 22 heavy (non-hydrogen) atoms. The zero-order valence-electron chi connectivity index (χ0n) is 13.5. The zero-order chi connectivity index (χ0) is 15.6. The molecule has 1 aliphatic carbocycles. The molecule has 1 aliphatic rings. The Balaban J connectivity index is 1.77. The van der Waals surface area contributed by atoms with Crippen LogP contribution in [0.4, 0.5) is 0 Å². The van der Waals surface area contributed by atoms with Gasteiger partial charge in [-0.25, -0.2) is 0 Å². The second kappa shape index (κ2) is 9.62. The van der Waals surface area contributed by atoms with E-state index in [4.69, 9.17) is 5.11 Å². The van der Waals surface area contributed by atoms with Gasteiger partial charge < -0.3 is 10.4 Å². The lowest BCUT2D eigenvalue weighted by Gasteiger charge is -2.24. The maximum absolute atomic E-state index is 10.8. The maximum atomic E-state index is 10.8. The minimum atomic E-state index is -0.702. The Morgan fingerprint density at radius 3 is 2.59 bits per heavy atom. The van der Waals surface area contributed by atoms with Crippen LogP contribution < -0.4 is 5.32 Å². The molecule has 1 saturated carbocycles. The molecule has 122 valence electrons. The van der Waals surface area contributed by atoms with E-state index in [0.717, 1.165) is 18.9 Å². The number of aliphatic carboxylic acids is 1. The summed E-state index contributed by atoms with van der Waals surface area (Å²) >= 11 is 0. The monoisotopic (exact) mass is 303 g/mol. The van der Waals surface area contributed by atoms with Gasteiger partial charge in [0.05, 0.1) is 0 Å². The van der Waals surface area contributed by atoms with E-state index < -0.39 is 5.97 Å². The highest BCUT2D eigenvalue weighted by Crippen LogP contribution is 2.25. The summed E-state index contributed by atoms with van der Waals surface area (Å²) in [5.41, 5.74) is 1.28. The third-order valence-electron chi connectivity index (χ3n) is 4.74. The number of carboxylic acid groups (broad SMARTS) is 1. The molecule has 0 aromatic heterocycles. The molecule has 0 aliphatic heterocycles. The summed E-state index contributed by atoms with van der Waals surface area (Å²) in [6, 6.07) is 10.6. The summed E-state index contributed by atoms with van der Waals surface area (Å²) in [6.45, 7) is 1.02. The largest absolute Gasteiger partial charge is 0.481 e. The summed E-state index contributed by atoms with van der Waals surface area (Å²) in [5, 5.41) is 12.5. The quantitative estimate of drug-likeness (QED) is 0.724. The molecule has 0 radical (unpaired) electrons. The fourth-order valence-electron chi connectivity index (χ4n) is 3.44. The molecule has 1 fully saturated rings. The van der Waals surface area contributed by atoms with Crippen molar-refractivity contribution in [2.24, 2.45) is 5.92 Å². The molecule has 0 amide bonds. The van der Waals surface area contributed by atoms with Crippen molar-refractivity contribution >= 4 is 5.97 Å². The molecule has 2 rings (SSSR count). The van der Waals surface area contributed by atoms with E-state index in [2.05, 4.69) is 17.4 Å². The van der Waals surface area contributed by atoms with Crippen molar-refractivity contribution < 1.29 is 9.90 Å². The first-order valence-corrected chi connectivity index (χ1v) is 8.73. The van der Waals surface area contributed by atoms with Crippen LogP contribution in [0, 0.1) is 5.92 Å². The molecule has 1 unspecified atom stereocenters. The number of hydrogen-bond acceptors (Lipinski definition) is 2. The van der Waals surface area contributed by atoms with Crippen LogP contribution in [0.15, 0.2) is 30.3 Å². The van der Waals surface area contributed by atoms with Gasteiger partial charge in [0.1, 0.15) is 0 Å². The lowest BCUT2D eigenvalue weighted by Crippen LogP contribution is -2.33. The van der Waals surface area contributed by atoms with E-state index in [0.29, 0.717) is 6.42 Å². The number of benzene rings is 1. The zero-order valence-corrected chi connectivity index (χ0v) is 13.5. The van der Waals surface area contributed by atoms with Crippen molar-refractivity contribution in [2.75, 3.05) is 6.54 Å². The molecule has 0 spiro atoms. The maximum Gasteiger partial charge on any atom is 0.303 e. The van der Waals surface area contributed by atoms with Crippen LogP contribution in [0.3, 0.4) is 0 Å². The average Bonchev–Trinajstić information content (AvgIpc) is 2.54. The fourth-order valence-corrected chi connectivity index (χ4v) is 3.44. The molecular formula is C19H29NO2. The smallest absolute Gasteiger partial charge is 0.303 e. The summed E-state index contributed by atoms with van der Waals surface area (Å²) < 4.78 is 0. The number of nitrogens with one attached hydrogen (secondary N) is 1. The first-order valence-electron chi connectivity index (χ1n) is 8.73. The summed E-state index contributed by atoms with van der Waals surface area (Å²) in [6.07, 6.45) is 10.0. The van der Waals surface area contributed by atoms with Gasteiger partial charge in [0.15, 0.2) is 0 Å². The van der Waals surface area contributed by atoms with Gasteiger partial charge in [-0.1, -0.05) is 62.4 Å². The predicted molar refractivity (Wildman–Crippen MR) is 90.0 cm³/mol. The minimum Gasteiger partial charge on any atom is -0.481 e. The second-order valence-corrected chi connectivity index (χ2v) is 6.57. The van der Waals surface area contributed by atoms with Gasteiger partial charge in [-0.3, -0.25) is 4.79 Å². The van der Waals surface area contributed by atoms with Crippen LogP contribution in [0.25, 0.3) is 0 Å². The highest BCUT2D eigenvalue weighted by Gasteiger charge is 2.15. The van der Waals surface area contributed by atoms with Crippen LogP contribution in [0.2, 0.25) is 0 Å². The van der Waals surface area contributed by atoms with E-state index in [-0.39, 0.29) is 12.5 Å². The van der Waals surface area contributed by atoms with Crippen molar-refractivity contribution in [3.8, 4) is 0 Å². The van der Waals surface area contributed by atoms with E-state index >= 15 is 0 Å². The summed E-state index contributed by atoms with van der Waals surface area (Å²) in [5.74, 6) is 0.172. The topological polar surface area (TPSA) is 49.3 Å². The van der Waals surface area contributed by atoms with Crippen LogP contribution in [0.1, 0.15) is 56.9 Å². The summed E-state index contributed by atoms with van der Waals surface area (Å²) in [7, 11) is 0. The van der Waals surface area contributed by atoms with Crippen LogP contribution >= 0.6 is 0 Å². The van der Waals surface area contributed by atoms with Gasteiger partial charge in [0.25, 0.3) is 0 Å². The van der Waals surface area contributed by atoms with Gasteiger partial charge in [0.2, 0.25) is 0 Å². The van der Waals surface area contributed by atoms with Crippen LogP contribution in [-0.4, -0.2) is 23.7 Å². The first kappa shape index (κ1) is 17.0. The average molecular weight is 303 g/mol. The van der Waals surface area contributed by atoms with Gasteiger partial charge in [-0.15, -0.1) is 0 Å². The van der Waals surface area contributed by atoms with E-state index in [1.807, 2.05) is 18.2 Å². The molecule has 1 atom stereocenters. The number of hydrogen-bond donors (Lipinski definition) is 2. The molecule has 0 heterocycles. The third kappa shape index (κ3) is 6.61. The van der Waals surface area contributed by atoms with Crippen molar-refractivity contribution in [1.29, 1.82) is 0 Å². The highest BCUT2D eigenvalue weighted by molar-refractivity contribution is 5.66. The number of carboxylic acids is 1. The molecule has 1 aromatic rings. The second-order valence-electron chi connectivity index (χ2n) is 6.57. The van der Waals surface area contributed by atoms with E-state index in [9.17, 15) is 4.79 Å². The molecule has 3 nitrogen and oxygen atoms in total. The predicted octanol–water partition coefficient (Wildman–Crippen LogP) is 4.02. The summed E-state index contributed by atoms with van der Waals surface area (Å²) in [4.78, 5) is 10.8. The SMILES string of the molecule is O=C(O)CCC(Cc1ccccc1)NCCC1CCCCC1. The van der Waals surface area contributed by atoms with Crippen LogP contribution in [0.5, 0.6) is 0 Å². The van der Waals surface area contributed by atoms with Crippen molar-refractivity contribution in [2.45, 2.75) is 63.8 Å². The standard InChI is InChI=1S/C19H29NO2/c21-19(22)12-11-18(15-17-9-5-2-6-10-17)20-14-13-16-7-3-1-4-8-16/h2,5-6,9-10,16,18,20H,1,3-4,7-8,11-15H2,(H,21,22). The molecule has 3 heteroatoms. The van der Waals surface area contributed by atoms with Crippen molar-refractivity contribution in [3.05, 3.63) is 35.9 Å². The van der Waals surface area contributed by atoms with Gasteiger partial charge in [-0.2, -0.15) is 0 Å². The molecule has 2 N–H and O–H groups in total. The fraction of sp³-hybridized carbons (Fsp3) is 0.632. The van der Waals surface area contributed by atoms with Crippen LogP contribution in [-0.2, 0) is 11.2 Å². The molecule has 0 bridgehead atoms. The molecule has 0 saturated heterocycles. The molecular weight excluding hydrogens is 274 g/mol. The van der Waals surface area contributed by atoms with Crippen molar-refractivity contribution in [3.63, 3.8) is 0 Å². The molecule has 1 aromatic carbocycles.